The summed E-state index contributed by atoms with van der Waals surface area (Å²) in [7, 11) is 0. The highest BCUT2D eigenvalue weighted by Crippen LogP contribution is 2.27. The smallest absolute Gasteiger partial charge is 0.262 e. The second-order valence-corrected chi connectivity index (χ2v) is 10.1. The van der Waals surface area contributed by atoms with Gasteiger partial charge in [0.25, 0.3) is 5.56 Å². The van der Waals surface area contributed by atoms with Crippen LogP contribution in [0.3, 0.4) is 0 Å². The van der Waals surface area contributed by atoms with Gasteiger partial charge in [0, 0.05) is 31.1 Å². The van der Waals surface area contributed by atoms with E-state index in [0.29, 0.717) is 37.9 Å². The monoisotopic (exact) mass is 432 g/mol. The normalized spacial score (nSPS) is 20.4. The zero-order valence-corrected chi connectivity index (χ0v) is 18.8. The van der Waals surface area contributed by atoms with E-state index in [0.717, 1.165) is 41.2 Å². The van der Waals surface area contributed by atoms with Crippen molar-refractivity contribution in [3.8, 4) is 0 Å². The minimum absolute atomic E-state index is 0.0750. The van der Waals surface area contributed by atoms with Crippen molar-refractivity contribution in [1.82, 2.24) is 19.4 Å². The number of piperidine rings is 1. The van der Waals surface area contributed by atoms with Gasteiger partial charge in [-0.3, -0.25) is 19.1 Å². The molecule has 1 amide bonds. The van der Waals surface area contributed by atoms with E-state index in [9.17, 15) is 14.7 Å². The maximum atomic E-state index is 12.9. The van der Waals surface area contributed by atoms with Crippen LogP contribution in [0.4, 0.5) is 0 Å². The van der Waals surface area contributed by atoms with Crippen LogP contribution in [-0.2, 0) is 11.3 Å². The number of carbonyl (C=O) groups excluding carboxylic acids is 1. The highest BCUT2D eigenvalue weighted by atomic mass is 32.1. The first kappa shape index (κ1) is 21.5. The van der Waals surface area contributed by atoms with E-state index in [2.05, 4.69) is 9.88 Å². The zero-order valence-electron chi connectivity index (χ0n) is 18.0. The molecule has 164 valence electrons. The Hall–Kier alpha value is -1.77. The van der Waals surface area contributed by atoms with Gasteiger partial charge in [-0.2, -0.15) is 0 Å². The van der Waals surface area contributed by atoms with Crippen molar-refractivity contribution in [3.63, 3.8) is 0 Å². The third kappa shape index (κ3) is 4.45. The van der Waals surface area contributed by atoms with Crippen LogP contribution in [0.5, 0.6) is 0 Å². The summed E-state index contributed by atoms with van der Waals surface area (Å²) in [5.74, 6) is 0.205. The number of thiophene rings is 1. The fourth-order valence-electron chi connectivity index (χ4n) is 4.60. The maximum Gasteiger partial charge on any atom is 0.262 e. The maximum absolute atomic E-state index is 12.9. The summed E-state index contributed by atoms with van der Waals surface area (Å²) in [5.41, 5.74) is -0.0370. The number of aryl methyl sites for hydroxylation is 2. The third-order valence-electron chi connectivity index (χ3n) is 6.72. The first-order valence-corrected chi connectivity index (χ1v) is 11.9. The van der Waals surface area contributed by atoms with Gasteiger partial charge >= 0.3 is 0 Å². The average Bonchev–Trinajstić information content (AvgIpc) is 2.91. The lowest BCUT2D eigenvalue weighted by atomic mass is 9.91. The van der Waals surface area contributed by atoms with Crippen molar-refractivity contribution in [1.29, 1.82) is 0 Å². The fourth-order valence-corrected chi connectivity index (χ4v) is 5.58. The largest absolute Gasteiger partial charge is 0.388 e. The molecule has 0 spiro atoms. The van der Waals surface area contributed by atoms with E-state index in [4.69, 9.17) is 0 Å². The standard InChI is InChI=1S/C22H32N4O3S/c1-16-17(2)30-20-19(16)21(28)26(15-23-20)14-22(29)7-11-24(12-8-22)13-18(27)25-9-5-3-4-6-10-25/h15,29H,3-14H2,1-2H3. The van der Waals surface area contributed by atoms with Crippen molar-refractivity contribution < 1.29 is 9.90 Å². The Bertz CT molecular complexity index is 967. The second kappa shape index (κ2) is 8.77. The summed E-state index contributed by atoms with van der Waals surface area (Å²) in [6, 6.07) is 0. The number of nitrogens with zero attached hydrogens (tertiary/aromatic N) is 4. The van der Waals surface area contributed by atoms with Crippen molar-refractivity contribution in [3.05, 3.63) is 27.1 Å². The first-order chi connectivity index (χ1) is 14.4. The van der Waals surface area contributed by atoms with Crippen LogP contribution in [0.1, 0.15) is 49.0 Å². The van der Waals surface area contributed by atoms with Gasteiger partial charge in [0.2, 0.25) is 5.91 Å². The summed E-state index contributed by atoms with van der Waals surface area (Å²) >= 11 is 1.54. The van der Waals surface area contributed by atoms with E-state index in [1.165, 1.54) is 24.2 Å². The van der Waals surface area contributed by atoms with Crippen LogP contribution < -0.4 is 5.56 Å². The molecule has 4 rings (SSSR count). The molecule has 4 heterocycles. The molecule has 1 N–H and O–H groups in total. The fraction of sp³-hybridized carbons (Fsp3) is 0.682. The minimum Gasteiger partial charge on any atom is -0.388 e. The van der Waals surface area contributed by atoms with Crippen molar-refractivity contribution >= 4 is 27.5 Å². The number of carbonyl (C=O) groups is 1. The van der Waals surface area contributed by atoms with Crippen LogP contribution in [0, 0.1) is 13.8 Å². The van der Waals surface area contributed by atoms with E-state index in [-0.39, 0.29) is 18.0 Å². The second-order valence-electron chi connectivity index (χ2n) is 8.94. The lowest BCUT2D eigenvalue weighted by Crippen LogP contribution is -2.50. The quantitative estimate of drug-likeness (QED) is 0.802. The highest BCUT2D eigenvalue weighted by Gasteiger charge is 2.34. The van der Waals surface area contributed by atoms with Crippen molar-refractivity contribution in [2.45, 2.75) is 64.5 Å². The van der Waals surface area contributed by atoms with E-state index in [1.807, 2.05) is 18.7 Å². The molecule has 2 aromatic rings. The third-order valence-corrected chi connectivity index (χ3v) is 7.84. The van der Waals surface area contributed by atoms with E-state index < -0.39 is 5.60 Å². The number of aromatic nitrogens is 2. The molecule has 7 nitrogen and oxygen atoms in total. The summed E-state index contributed by atoms with van der Waals surface area (Å²) in [5, 5.41) is 11.8. The first-order valence-electron chi connectivity index (χ1n) is 11.0. The van der Waals surface area contributed by atoms with E-state index in [1.54, 1.807) is 10.9 Å². The molecule has 0 saturated carbocycles. The number of amides is 1. The van der Waals surface area contributed by atoms with Gasteiger partial charge in [0.15, 0.2) is 0 Å². The van der Waals surface area contributed by atoms with Gasteiger partial charge in [-0.25, -0.2) is 4.98 Å². The molecule has 0 unspecified atom stereocenters. The Labute approximate surface area is 181 Å². The lowest BCUT2D eigenvalue weighted by molar-refractivity contribution is -0.133. The number of hydrogen-bond donors (Lipinski definition) is 1. The number of rotatable bonds is 4. The molecule has 2 aliphatic heterocycles. The number of aliphatic hydroxyl groups is 1. The Balaban J connectivity index is 1.38. The number of likely N-dealkylation sites (tertiary alicyclic amines) is 2. The van der Waals surface area contributed by atoms with Gasteiger partial charge < -0.3 is 10.0 Å². The molecular weight excluding hydrogens is 400 g/mol. The van der Waals surface area contributed by atoms with E-state index >= 15 is 0 Å². The van der Waals surface area contributed by atoms with Gasteiger partial charge in [0.1, 0.15) is 4.83 Å². The van der Waals surface area contributed by atoms with Crippen LogP contribution in [0.2, 0.25) is 0 Å². The number of hydrogen-bond acceptors (Lipinski definition) is 6. The Morgan fingerprint density at radius 1 is 1.13 bits per heavy atom. The molecule has 0 bridgehead atoms. The van der Waals surface area contributed by atoms with Crippen molar-refractivity contribution in [2.24, 2.45) is 0 Å². The van der Waals surface area contributed by atoms with Gasteiger partial charge in [-0.1, -0.05) is 12.8 Å². The van der Waals surface area contributed by atoms with Crippen molar-refractivity contribution in [2.75, 3.05) is 32.7 Å². The Kier molecular flexibility index (Phi) is 6.27. The Morgan fingerprint density at radius 2 is 1.80 bits per heavy atom. The molecule has 2 aliphatic rings. The van der Waals surface area contributed by atoms with Gasteiger partial charge in [-0.15, -0.1) is 11.3 Å². The molecule has 0 atom stereocenters. The molecule has 0 aromatic carbocycles. The summed E-state index contributed by atoms with van der Waals surface area (Å²) in [4.78, 5) is 36.0. The molecule has 2 fully saturated rings. The highest BCUT2D eigenvalue weighted by molar-refractivity contribution is 7.18. The average molecular weight is 433 g/mol. The molecule has 2 saturated heterocycles. The van der Waals surface area contributed by atoms with Crippen LogP contribution in [-0.4, -0.2) is 68.7 Å². The molecule has 30 heavy (non-hydrogen) atoms. The zero-order chi connectivity index (χ0) is 21.3. The summed E-state index contributed by atoms with van der Waals surface area (Å²) in [6.45, 7) is 7.70. The molecule has 0 radical (unpaired) electrons. The predicted octanol–water partition coefficient (Wildman–Crippen LogP) is 2.30. The van der Waals surface area contributed by atoms with Gasteiger partial charge in [0.05, 0.1) is 30.4 Å². The van der Waals surface area contributed by atoms with Crippen LogP contribution in [0.15, 0.2) is 11.1 Å². The van der Waals surface area contributed by atoms with Crippen LogP contribution >= 0.6 is 11.3 Å². The lowest BCUT2D eigenvalue weighted by Gasteiger charge is -2.38. The summed E-state index contributed by atoms with van der Waals surface area (Å²) in [6.07, 6.45) is 7.28. The topological polar surface area (TPSA) is 78.7 Å². The Morgan fingerprint density at radius 3 is 2.47 bits per heavy atom. The summed E-state index contributed by atoms with van der Waals surface area (Å²) < 4.78 is 1.56. The molecule has 2 aromatic heterocycles. The SMILES string of the molecule is Cc1sc2ncn(CC3(O)CCN(CC(=O)N4CCCCCC4)CC3)c(=O)c2c1C. The van der Waals surface area contributed by atoms with Crippen LogP contribution in [0.25, 0.3) is 10.2 Å². The molecular formula is C22H32N4O3S. The predicted molar refractivity (Wildman–Crippen MR) is 119 cm³/mol. The molecule has 0 aliphatic carbocycles. The minimum atomic E-state index is -0.944. The number of fused-ring (bicyclic) bond motifs is 1. The van der Waals surface area contributed by atoms with Gasteiger partial charge in [-0.05, 0) is 45.1 Å². The molecule has 8 heteroatoms.